The lowest BCUT2D eigenvalue weighted by Gasteiger charge is -2.20. The first-order valence-corrected chi connectivity index (χ1v) is 8.29. The van der Waals surface area contributed by atoms with E-state index in [2.05, 4.69) is 20.6 Å². The number of aliphatic hydroxyl groups excluding tert-OH is 1. The molecular weight excluding hydrogens is 392 g/mol. The minimum Gasteiger partial charge on any atom is -0.481 e. The molecule has 0 aliphatic rings. The van der Waals surface area contributed by atoms with E-state index in [1.807, 2.05) is 5.32 Å². The van der Waals surface area contributed by atoms with Crippen LogP contribution in [0, 0.1) is 0 Å². The highest BCUT2D eigenvalue weighted by Gasteiger charge is 2.28. The van der Waals surface area contributed by atoms with E-state index in [0.29, 0.717) is 5.69 Å². The van der Waals surface area contributed by atoms with Gasteiger partial charge >= 0.3 is 11.9 Å². The van der Waals surface area contributed by atoms with Gasteiger partial charge in [0.15, 0.2) is 0 Å². The van der Waals surface area contributed by atoms with E-state index in [1.54, 1.807) is 0 Å². The van der Waals surface area contributed by atoms with Crippen LogP contribution in [0.15, 0.2) is 12.5 Å². The monoisotopic (exact) mass is 414 g/mol. The molecule has 0 aliphatic carbocycles. The van der Waals surface area contributed by atoms with Gasteiger partial charge in [-0.2, -0.15) is 0 Å². The maximum absolute atomic E-state index is 12.4. The van der Waals surface area contributed by atoms with Gasteiger partial charge in [-0.3, -0.25) is 19.2 Å². The van der Waals surface area contributed by atoms with Crippen LogP contribution in [0.25, 0.3) is 0 Å². The van der Waals surface area contributed by atoms with Gasteiger partial charge in [0, 0.05) is 18.3 Å². The summed E-state index contributed by atoms with van der Waals surface area (Å²) in [6, 6.07) is -4.22. The standard InChI is InChI=1S/C15H22N6O8/c16-8(5-22)13(26)18-4-11(23)20-9(1-7-3-17-6-19-7)14(27)21-10(15(28)29)2-12(24)25/h3,6,8-10,22H,1-2,4-5,16H2,(H,17,19)(H,18,26)(H,20,23)(H,21,27)(H,24,25)(H,28,29). The summed E-state index contributed by atoms with van der Waals surface area (Å²) >= 11 is 0. The van der Waals surface area contributed by atoms with Gasteiger partial charge in [-0.05, 0) is 0 Å². The number of hydrogen-bond donors (Lipinski definition) is 8. The summed E-state index contributed by atoms with van der Waals surface area (Å²) < 4.78 is 0. The van der Waals surface area contributed by atoms with Gasteiger partial charge in [0.05, 0.1) is 25.9 Å². The highest BCUT2D eigenvalue weighted by atomic mass is 16.4. The quantitative estimate of drug-likeness (QED) is 0.164. The SMILES string of the molecule is NC(CO)C(=O)NCC(=O)NC(Cc1cnc[nH]1)C(=O)NC(CC(=O)O)C(=O)O. The number of hydrogen-bond acceptors (Lipinski definition) is 8. The van der Waals surface area contributed by atoms with Gasteiger partial charge < -0.3 is 42.0 Å². The van der Waals surface area contributed by atoms with E-state index in [4.69, 9.17) is 21.1 Å². The number of aliphatic hydroxyl groups is 1. The smallest absolute Gasteiger partial charge is 0.326 e. The average molecular weight is 414 g/mol. The first-order valence-electron chi connectivity index (χ1n) is 8.29. The Morgan fingerprint density at radius 2 is 1.79 bits per heavy atom. The van der Waals surface area contributed by atoms with Gasteiger partial charge in [-0.15, -0.1) is 0 Å². The fourth-order valence-corrected chi connectivity index (χ4v) is 2.10. The summed E-state index contributed by atoms with van der Waals surface area (Å²) in [5, 5.41) is 33.1. The first-order chi connectivity index (χ1) is 13.6. The second-order valence-electron chi connectivity index (χ2n) is 5.91. The number of amides is 3. The molecule has 1 rings (SSSR count). The predicted octanol–water partition coefficient (Wildman–Crippen LogP) is -4.08. The Bertz CT molecular complexity index is 737. The maximum atomic E-state index is 12.4. The number of nitrogens with two attached hydrogens (primary N) is 1. The molecule has 14 heteroatoms. The summed E-state index contributed by atoms with van der Waals surface area (Å²) in [6.07, 6.45) is 1.73. The molecule has 14 nitrogen and oxygen atoms in total. The number of nitrogens with one attached hydrogen (secondary N) is 4. The number of rotatable bonds is 12. The van der Waals surface area contributed by atoms with Gasteiger partial charge in [-0.25, -0.2) is 9.78 Å². The van der Waals surface area contributed by atoms with Crippen LogP contribution in [0.3, 0.4) is 0 Å². The van der Waals surface area contributed by atoms with E-state index in [9.17, 15) is 24.0 Å². The van der Waals surface area contributed by atoms with E-state index in [0.717, 1.165) is 0 Å². The normalized spacial score (nSPS) is 13.6. The zero-order valence-corrected chi connectivity index (χ0v) is 15.1. The molecule has 0 spiro atoms. The molecule has 0 fully saturated rings. The van der Waals surface area contributed by atoms with Crippen LogP contribution in [0.2, 0.25) is 0 Å². The van der Waals surface area contributed by atoms with E-state index in [1.165, 1.54) is 12.5 Å². The second kappa shape index (κ2) is 11.4. The van der Waals surface area contributed by atoms with Crippen LogP contribution >= 0.6 is 0 Å². The minimum atomic E-state index is -1.71. The van der Waals surface area contributed by atoms with Crippen LogP contribution in [-0.4, -0.2) is 86.2 Å². The third-order valence-corrected chi connectivity index (χ3v) is 3.58. The topological polar surface area (TPSA) is 237 Å². The zero-order valence-electron chi connectivity index (χ0n) is 15.1. The molecule has 0 radical (unpaired) electrons. The molecule has 160 valence electrons. The van der Waals surface area contributed by atoms with Gasteiger partial charge in [0.25, 0.3) is 0 Å². The Balaban J connectivity index is 2.80. The first kappa shape index (κ1) is 23.5. The Kier molecular flexibility index (Phi) is 9.21. The van der Waals surface area contributed by atoms with Gasteiger partial charge in [0.1, 0.15) is 18.1 Å². The lowest BCUT2D eigenvalue weighted by atomic mass is 10.1. The molecule has 0 saturated heterocycles. The van der Waals surface area contributed by atoms with Crippen molar-refractivity contribution in [1.29, 1.82) is 0 Å². The molecule has 1 aromatic rings. The highest BCUT2D eigenvalue weighted by Crippen LogP contribution is 2.01. The van der Waals surface area contributed by atoms with Crippen LogP contribution in [0.5, 0.6) is 0 Å². The Morgan fingerprint density at radius 1 is 1.10 bits per heavy atom. The van der Waals surface area contributed by atoms with E-state index >= 15 is 0 Å². The number of aromatic nitrogens is 2. The zero-order chi connectivity index (χ0) is 22.0. The predicted molar refractivity (Wildman–Crippen MR) is 94.1 cm³/mol. The number of H-pyrrole nitrogens is 1. The van der Waals surface area contributed by atoms with Crippen molar-refractivity contribution in [2.24, 2.45) is 5.73 Å². The van der Waals surface area contributed by atoms with Crippen molar-refractivity contribution >= 4 is 29.7 Å². The minimum absolute atomic E-state index is 0.110. The molecule has 1 heterocycles. The Morgan fingerprint density at radius 3 is 2.31 bits per heavy atom. The van der Waals surface area contributed by atoms with E-state index in [-0.39, 0.29) is 6.42 Å². The van der Waals surface area contributed by atoms with Crippen LogP contribution in [0.1, 0.15) is 12.1 Å². The summed E-state index contributed by atoms with van der Waals surface area (Å²) in [7, 11) is 0. The van der Waals surface area contributed by atoms with Crippen molar-refractivity contribution in [3.63, 3.8) is 0 Å². The number of carbonyl (C=O) groups excluding carboxylic acids is 3. The van der Waals surface area contributed by atoms with Crippen LogP contribution in [-0.2, 0) is 30.4 Å². The molecular formula is C15H22N6O8. The van der Waals surface area contributed by atoms with Crippen LogP contribution in [0.4, 0.5) is 0 Å². The number of imidazole rings is 1. The second-order valence-corrected chi connectivity index (χ2v) is 5.91. The van der Waals surface area contributed by atoms with Crippen LogP contribution < -0.4 is 21.7 Å². The maximum Gasteiger partial charge on any atom is 0.326 e. The van der Waals surface area contributed by atoms with Gasteiger partial charge in [-0.1, -0.05) is 0 Å². The number of carboxylic acid groups (broad SMARTS) is 2. The summed E-state index contributed by atoms with van der Waals surface area (Å²) in [6.45, 7) is -1.19. The highest BCUT2D eigenvalue weighted by molar-refractivity contribution is 5.93. The molecule has 0 saturated carbocycles. The lowest BCUT2D eigenvalue weighted by molar-refractivity contribution is -0.147. The Labute approximate surface area is 163 Å². The van der Waals surface area contributed by atoms with Gasteiger partial charge in [0.2, 0.25) is 17.7 Å². The summed E-state index contributed by atoms with van der Waals surface area (Å²) in [4.78, 5) is 64.4. The molecule has 3 amide bonds. The largest absolute Gasteiger partial charge is 0.481 e. The molecule has 3 unspecified atom stereocenters. The Hall–Kier alpha value is -3.52. The fourth-order valence-electron chi connectivity index (χ4n) is 2.10. The van der Waals surface area contributed by atoms with Crippen molar-refractivity contribution in [3.05, 3.63) is 18.2 Å². The number of carboxylic acids is 2. The van der Waals surface area contributed by atoms with Crippen molar-refractivity contribution < 1.29 is 39.3 Å². The molecule has 1 aromatic heterocycles. The molecule has 0 bridgehead atoms. The third-order valence-electron chi connectivity index (χ3n) is 3.58. The summed E-state index contributed by atoms with van der Waals surface area (Å²) in [5.41, 5.74) is 5.73. The number of aromatic amines is 1. The fraction of sp³-hybridized carbons (Fsp3) is 0.467. The summed E-state index contributed by atoms with van der Waals surface area (Å²) in [5.74, 6) is -5.52. The van der Waals surface area contributed by atoms with E-state index < -0.39 is 67.4 Å². The molecule has 0 aromatic carbocycles. The lowest BCUT2D eigenvalue weighted by Crippen LogP contribution is -2.55. The average Bonchev–Trinajstić information content (AvgIpc) is 3.16. The number of aliphatic carboxylic acids is 2. The van der Waals surface area contributed by atoms with Crippen molar-refractivity contribution in [1.82, 2.24) is 25.9 Å². The molecule has 3 atom stereocenters. The van der Waals surface area contributed by atoms with Crippen molar-refractivity contribution in [2.75, 3.05) is 13.2 Å². The van der Waals surface area contributed by atoms with Crippen molar-refractivity contribution in [2.45, 2.75) is 31.0 Å². The molecule has 29 heavy (non-hydrogen) atoms. The molecule has 9 N–H and O–H groups in total. The third kappa shape index (κ3) is 8.35. The number of carbonyl (C=O) groups is 5. The number of nitrogens with zero attached hydrogens (tertiary/aromatic N) is 1. The molecule has 0 aliphatic heterocycles. The van der Waals surface area contributed by atoms with Crippen molar-refractivity contribution in [3.8, 4) is 0 Å².